The van der Waals surface area contributed by atoms with Gasteiger partial charge in [0.2, 0.25) is 17.7 Å². The van der Waals surface area contributed by atoms with Crippen LogP contribution in [0.1, 0.15) is 31.9 Å². The van der Waals surface area contributed by atoms with Gasteiger partial charge < -0.3 is 31.9 Å². The highest BCUT2D eigenvalue weighted by molar-refractivity contribution is 7.81. The Bertz CT molecular complexity index is 1150. The summed E-state index contributed by atoms with van der Waals surface area (Å²) in [6.07, 6.45) is 0.204. The highest BCUT2D eigenvalue weighted by Crippen LogP contribution is 2.19. The normalized spacial score (nSPS) is 15.2. The zero-order valence-electron chi connectivity index (χ0n) is 22.0. The number of amides is 3. The van der Waals surface area contributed by atoms with Gasteiger partial charge in [0.15, 0.2) is 0 Å². The van der Waals surface area contributed by atoms with E-state index in [0.29, 0.717) is 5.56 Å². The number of nitrogens with two attached hydrogens (primary N) is 1. The van der Waals surface area contributed by atoms with E-state index in [0.717, 1.165) is 5.56 Å². The van der Waals surface area contributed by atoms with Crippen molar-refractivity contribution in [1.29, 1.82) is 0 Å². The second-order valence-electron chi connectivity index (χ2n) is 10.2. The lowest BCUT2D eigenvalue weighted by Gasteiger charge is -2.30. The van der Waals surface area contributed by atoms with Crippen molar-refractivity contribution in [2.45, 2.75) is 62.0 Å². The quantitative estimate of drug-likeness (QED) is 0.165. The number of thiol groups is 2. The summed E-state index contributed by atoms with van der Waals surface area (Å²) in [5, 5.41) is 26.7. The molecule has 0 bridgehead atoms. The van der Waals surface area contributed by atoms with Crippen LogP contribution in [0.4, 0.5) is 0 Å². The van der Waals surface area contributed by atoms with E-state index in [1.54, 1.807) is 56.3 Å². The first kappa shape index (κ1) is 32.0. The Balaban J connectivity index is 2.19. The molecule has 39 heavy (non-hydrogen) atoms. The minimum atomic E-state index is -1.40. The van der Waals surface area contributed by atoms with Crippen molar-refractivity contribution in [2.75, 3.05) is 5.75 Å². The fourth-order valence-electron chi connectivity index (χ4n) is 3.75. The number of aromatic hydroxyl groups is 1. The van der Waals surface area contributed by atoms with Crippen LogP contribution in [0, 0.1) is 0 Å². The number of hydrogen-bond donors (Lipinski definition) is 8. The monoisotopic (exact) mass is 576 g/mol. The Morgan fingerprint density at radius 2 is 1.44 bits per heavy atom. The first-order valence-electron chi connectivity index (χ1n) is 12.2. The number of phenolic OH excluding ortho intramolecular Hbond substituents is 1. The van der Waals surface area contributed by atoms with Crippen LogP contribution in [0.15, 0.2) is 54.6 Å². The highest BCUT2D eigenvalue weighted by atomic mass is 32.1. The number of rotatable bonds is 13. The first-order chi connectivity index (χ1) is 18.1. The van der Waals surface area contributed by atoms with E-state index in [4.69, 9.17) is 5.73 Å². The summed E-state index contributed by atoms with van der Waals surface area (Å²) in [4.78, 5) is 51.2. The summed E-state index contributed by atoms with van der Waals surface area (Å²) in [6.45, 7) is 4.61. The topological polar surface area (TPSA) is 171 Å². The SMILES string of the molecule is CC(C)(S)[C@@H](NC(=O)[C@H](Cc1ccccc1)NC(=O)[C@@H](CS)NC(=O)[C@](C)(N)Cc1ccc(O)cc1)C(=O)O. The number of benzene rings is 2. The molecule has 0 radical (unpaired) electrons. The number of carboxylic acids is 1. The summed E-state index contributed by atoms with van der Waals surface area (Å²) >= 11 is 8.49. The lowest BCUT2D eigenvalue weighted by molar-refractivity contribution is -0.143. The van der Waals surface area contributed by atoms with Gasteiger partial charge in [-0.25, -0.2) is 4.79 Å². The summed E-state index contributed by atoms with van der Waals surface area (Å²) < 4.78 is -1.09. The van der Waals surface area contributed by atoms with Crippen LogP contribution in [-0.4, -0.2) is 68.1 Å². The van der Waals surface area contributed by atoms with Gasteiger partial charge in [-0.05, 0) is 50.5 Å². The van der Waals surface area contributed by atoms with Crippen LogP contribution in [0.3, 0.4) is 0 Å². The van der Waals surface area contributed by atoms with Crippen molar-refractivity contribution in [3.05, 3.63) is 65.7 Å². The molecule has 0 aliphatic heterocycles. The van der Waals surface area contributed by atoms with Gasteiger partial charge in [0, 0.05) is 16.9 Å². The number of carboxylic acid groups (broad SMARTS) is 1. The van der Waals surface area contributed by atoms with Gasteiger partial charge in [0.1, 0.15) is 23.9 Å². The van der Waals surface area contributed by atoms with Crippen LogP contribution < -0.4 is 21.7 Å². The van der Waals surface area contributed by atoms with Gasteiger partial charge in [-0.2, -0.15) is 25.3 Å². The Morgan fingerprint density at radius 3 is 1.95 bits per heavy atom. The van der Waals surface area contributed by atoms with E-state index >= 15 is 0 Å². The summed E-state index contributed by atoms with van der Waals surface area (Å²) in [6, 6.07) is 11.5. The second-order valence-corrected chi connectivity index (χ2v) is 11.7. The van der Waals surface area contributed by atoms with E-state index in [2.05, 4.69) is 41.2 Å². The van der Waals surface area contributed by atoms with Crippen molar-refractivity contribution >= 4 is 48.9 Å². The first-order valence-corrected chi connectivity index (χ1v) is 13.3. The molecule has 4 atom stereocenters. The molecule has 0 saturated carbocycles. The highest BCUT2D eigenvalue weighted by Gasteiger charge is 2.37. The molecule has 0 unspecified atom stereocenters. The fraction of sp³-hybridized carbons (Fsp3) is 0.407. The van der Waals surface area contributed by atoms with Crippen molar-refractivity contribution in [3.8, 4) is 5.75 Å². The van der Waals surface area contributed by atoms with E-state index < -0.39 is 52.1 Å². The number of nitrogens with one attached hydrogen (secondary N) is 3. The van der Waals surface area contributed by atoms with E-state index in [1.165, 1.54) is 19.1 Å². The Hall–Kier alpha value is -3.22. The molecule has 7 N–H and O–H groups in total. The minimum absolute atomic E-state index is 0.0699. The van der Waals surface area contributed by atoms with Gasteiger partial charge >= 0.3 is 5.97 Å². The standard InChI is InChI=1S/C27H36N4O6S2/c1-26(2,39)21(24(35)36)31-22(33)19(13-16-7-5-4-6-8-16)29-23(34)20(15-38)30-25(37)27(3,28)14-17-9-11-18(32)12-10-17/h4-12,19-21,32,38-39H,13-15,28H2,1-3H3,(H,29,34)(H,30,37)(H,31,33)(H,35,36)/t19-,20+,21-,27+/m0/s1. The van der Waals surface area contributed by atoms with Crippen LogP contribution in [0.2, 0.25) is 0 Å². The maximum absolute atomic E-state index is 13.2. The largest absolute Gasteiger partial charge is 0.508 e. The zero-order chi connectivity index (χ0) is 29.4. The number of carbonyl (C=O) groups is 4. The molecule has 212 valence electrons. The number of phenols is 1. The molecular formula is C27H36N4O6S2. The van der Waals surface area contributed by atoms with Crippen LogP contribution in [0.25, 0.3) is 0 Å². The van der Waals surface area contributed by atoms with Gasteiger partial charge in [-0.1, -0.05) is 42.5 Å². The minimum Gasteiger partial charge on any atom is -0.508 e. The Labute approximate surface area is 238 Å². The van der Waals surface area contributed by atoms with Crippen molar-refractivity contribution in [1.82, 2.24) is 16.0 Å². The maximum atomic E-state index is 13.2. The molecular weight excluding hydrogens is 540 g/mol. The van der Waals surface area contributed by atoms with Crippen LogP contribution in [0.5, 0.6) is 5.75 Å². The fourth-order valence-corrected chi connectivity index (χ4v) is 4.18. The van der Waals surface area contributed by atoms with Gasteiger partial charge in [-0.3, -0.25) is 14.4 Å². The third kappa shape index (κ3) is 9.79. The molecule has 0 fully saturated rings. The molecule has 2 rings (SSSR count). The molecule has 0 heterocycles. The van der Waals surface area contributed by atoms with E-state index in [1.807, 2.05) is 0 Å². The van der Waals surface area contributed by atoms with Crippen molar-refractivity contribution in [3.63, 3.8) is 0 Å². The number of aliphatic carboxylic acids is 1. The van der Waals surface area contributed by atoms with Crippen LogP contribution in [-0.2, 0) is 32.0 Å². The van der Waals surface area contributed by atoms with Gasteiger partial charge in [0.05, 0.1) is 5.54 Å². The molecule has 0 aliphatic carbocycles. The molecule has 0 saturated heterocycles. The lowest BCUT2D eigenvalue weighted by Crippen LogP contribution is -2.61. The molecule has 0 aromatic heterocycles. The predicted molar refractivity (Wildman–Crippen MR) is 155 cm³/mol. The maximum Gasteiger partial charge on any atom is 0.327 e. The average molecular weight is 577 g/mol. The van der Waals surface area contributed by atoms with Crippen LogP contribution >= 0.6 is 25.3 Å². The number of hydrogen-bond acceptors (Lipinski definition) is 8. The van der Waals surface area contributed by atoms with E-state index in [9.17, 15) is 29.4 Å². The lowest BCUT2D eigenvalue weighted by atomic mass is 9.92. The van der Waals surface area contributed by atoms with Crippen molar-refractivity contribution in [2.24, 2.45) is 5.73 Å². The zero-order valence-corrected chi connectivity index (χ0v) is 23.8. The third-order valence-corrected chi connectivity index (χ3v) is 6.61. The smallest absolute Gasteiger partial charge is 0.327 e. The summed E-state index contributed by atoms with van der Waals surface area (Å²) in [7, 11) is 0. The molecule has 3 amide bonds. The summed E-state index contributed by atoms with van der Waals surface area (Å²) in [5.41, 5.74) is 6.29. The second kappa shape index (κ2) is 13.7. The average Bonchev–Trinajstić information content (AvgIpc) is 2.85. The third-order valence-electron chi connectivity index (χ3n) is 5.99. The molecule has 2 aromatic carbocycles. The van der Waals surface area contributed by atoms with Gasteiger partial charge in [0.25, 0.3) is 0 Å². The molecule has 0 spiro atoms. The van der Waals surface area contributed by atoms with Crippen molar-refractivity contribution < 1.29 is 29.4 Å². The Kier molecular flexibility index (Phi) is 11.3. The predicted octanol–water partition coefficient (Wildman–Crippen LogP) is 1.07. The molecule has 12 heteroatoms. The molecule has 0 aliphatic rings. The van der Waals surface area contributed by atoms with E-state index in [-0.39, 0.29) is 24.3 Å². The molecule has 10 nitrogen and oxygen atoms in total. The Morgan fingerprint density at radius 1 is 0.872 bits per heavy atom. The van der Waals surface area contributed by atoms with Gasteiger partial charge in [-0.15, -0.1) is 0 Å². The number of carbonyl (C=O) groups excluding carboxylic acids is 3. The molecule has 2 aromatic rings. The summed E-state index contributed by atoms with van der Waals surface area (Å²) in [5.74, 6) is -3.31.